The molecule has 0 atom stereocenters. The smallest absolute Gasteiger partial charge is 0.228 e. The lowest BCUT2D eigenvalue weighted by Crippen LogP contribution is -2.11. The van der Waals surface area contributed by atoms with E-state index in [1.807, 2.05) is 0 Å². The number of carbonyl (C=O) groups excluding carboxylic acids is 1. The molecule has 0 aromatic heterocycles. The van der Waals surface area contributed by atoms with Gasteiger partial charge in [0.05, 0.1) is 11.4 Å². The number of amides is 1. The number of nitrogens with two attached hydrogens (primary N) is 1. The molecule has 74 valence electrons. The maximum Gasteiger partial charge on any atom is 0.228 e. The van der Waals surface area contributed by atoms with Crippen molar-refractivity contribution >= 4 is 17.3 Å². The van der Waals surface area contributed by atoms with E-state index in [0.29, 0.717) is 5.69 Å². The molecule has 0 spiro atoms. The first-order chi connectivity index (χ1) is 6.63. The zero-order valence-corrected chi connectivity index (χ0v) is 7.59. The summed E-state index contributed by atoms with van der Waals surface area (Å²) >= 11 is 0. The summed E-state index contributed by atoms with van der Waals surface area (Å²) in [6.07, 6.45) is 1.64. The van der Waals surface area contributed by atoms with Crippen molar-refractivity contribution in [3.63, 3.8) is 0 Å². The van der Waals surface area contributed by atoms with Gasteiger partial charge in [0.25, 0.3) is 0 Å². The van der Waals surface area contributed by atoms with Gasteiger partial charge in [0, 0.05) is 6.42 Å². The molecule has 0 bridgehead atoms. The lowest BCUT2D eigenvalue weighted by Gasteiger charge is -2.06. The first-order valence-electron chi connectivity index (χ1n) is 4.09. The topological polar surface area (TPSA) is 55.1 Å². The highest BCUT2D eigenvalue weighted by atomic mass is 19.1. The molecule has 14 heavy (non-hydrogen) atoms. The molecule has 0 fully saturated rings. The van der Waals surface area contributed by atoms with Crippen LogP contribution in [0.5, 0.6) is 0 Å². The summed E-state index contributed by atoms with van der Waals surface area (Å²) < 4.78 is 12.8. The Balaban J connectivity index is 2.80. The molecule has 0 radical (unpaired) electrons. The number of hydrogen-bond donors (Lipinski definition) is 2. The maximum atomic E-state index is 12.8. The number of nitrogens with one attached hydrogen (secondary N) is 1. The Morgan fingerprint density at radius 2 is 2.36 bits per heavy atom. The van der Waals surface area contributed by atoms with E-state index in [1.54, 1.807) is 0 Å². The number of anilines is 2. The molecule has 1 aromatic rings. The van der Waals surface area contributed by atoms with Gasteiger partial charge >= 0.3 is 0 Å². The first-order valence-corrected chi connectivity index (χ1v) is 4.09. The minimum Gasteiger partial charge on any atom is -0.397 e. The molecular formula is C10H11FN2O. The molecule has 3 N–H and O–H groups in total. The van der Waals surface area contributed by atoms with Crippen LogP contribution >= 0.6 is 0 Å². The Kier molecular flexibility index (Phi) is 3.23. The minimum absolute atomic E-state index is 0.177. The SMILES string of the molecule is C=CCC(=O)Nc1cc(F)ccc1N. The van der Waals surface area contributed by atoms with E-state index in [4.69, 9.17) is 5.73 Å². The molecule has 1 rings (SSSR count). The number of rotatable bonds is 3. The fourth-order valence-electron chi connectivity index (χ4n) is 0.969. The highest BCUT2D eigenvalue weighted by Gasteiger charge is 2.04. The average Bonchev–Trinajstić information content (AvgIpc) is 2.12. The number of carbonyl (C=O) groups is 1. The van der Waals surface area contributed by atoms with Gasteiger partial charge in [-0.3, -0.25) is 4.79 Å². The average molecular weight is 194 g/mol. The first kappa shape index (κ1) is 10.2. The molecule has 0 aliphatic heterocycles. The van der Waals surface area contributed by atoms with Crippen LogP contribution in [0.25, 0.3) is 0 Å². The Bertz CT molecular complexity index is 363. The highest BCUT2D eigenvalue weighted by molar-refractivity contribution is 5.94. The van der Waals surface area contributed by atoms with Crippen molar-refractivity contribution in [2.24, 2.45) is 0 Å². The number of hydrogen-bond acceptors (Lipinski definition) is 2. The van der Waals surface area contributed by atoms with E-state index in [1.165, 1.54) is 24.3 Å². The lowest BCUT2D eigenvalue weighted by atomic mass is 10.2. The predicted molar refractivity (Wildman–Crippen MR) is 54.3 cm³/mol. The van der Waals surface area contributed by atoms with Crippen LogP contribution in [0, 0.1) is 5.82 Å². The molecule has 0 aliphatic rings. The van der Waals surface area contributed by atoms with E-state index >= 15 is 0 Å². The number of nitrogen functional groups attached to an aromatic ring is 1. The van der Waals surface area contributed by atoms with Gasteiger partial charge in [-0.1, -0.05) is 6.08 Å². The van der Waals surface area contributed by atoms with Crippen LogP contribution in [-0.4, -0.2) is 5.91 Å². The Hall–Kier alpha value is -1.84. The fraction of sp³-hybridized carbons (Fsp3) is 0.100. The summed E-state index contributed by atoms with van der Waals surface area (Å²) in [6, 6.07) is 3.81. The van der Waals surface area contributed by atoms with E-state index in [-0.39, 0.29) is 18.0 Å². The zero-order chi connectivity index (χ0) is 10.6. The van der Waals surface area contributed by atoms with Crippen molar-refractivity contribution in [3.05, 3.63) is 36.7 Å². The third-order valence-electron chi connectivity index (χ3n) is 1.62. The van der Waals surface area contributed by atoms with Gasteiger partial charge in [-0.15, -0.1) is 6.58 Å². The third-order valence-corrected chi connectivity index (χ3v) is 1.62. The predicted octanol–water partition coefficient (Wildman–Crippen LogP) is 1.92. The second-order valence-electron chi connectivity index (χ2n) is 2.77. The van der Waals surface area contributed by atoms with Crippen molar-refractivity contribution in [3.8, 4) is 0 Å². The third kappa shape index (κ3) is 2.58. The summed E-state index contributed by atoms with van der Waals surface area (Å²) in [5, 5.41) is 2.48. The van der Waals surface area contributed by atoms with E-state index < -0.39 is 5.82 Å². The number of halogens is 1. The minimum atomic E-state index is -0.437. The normalized spacial score (nSPS) is 9.50. The highest BCUT2D eigenvalue weighted by Crippen LogP contribution is 2.19. The summed E-state index contributed by atoms with van der Waals surface area (Å²) in [6.45, 7) is 3.42. The summed E-state index contributed by atoms with van der Waals surface area (Å²) in [7, 11) is 0. The Labute approximate surface area is 81.4 Å². The quantitative estimate of drug-likeness (QED) is 0.570. The van der Waals surface area contributed by atoms with Gasteiger partial charge in [0.15, 0.2) is 0 Å². The van der Waals surface area contributed by atoms with Gasteiger partial charge in [-0.2, -0.15) is 0 Å². The van der Waals surface area contributed by atoms with E-state index in [9.17, 15) is 9.18 Å². The van der Waals surface area contributed by atoms with Crippen LogP contribution < -0.4 is 11.1 Å². The van der Waals surface area contributed by atoms with Crippen LogP contribution in [0.4, 0.5) is 15.8 Å². The molecule has 0 heterocycles. The Morgan fingerprint density at radius 3 is 3.00 bits per heavy atom. The molecule has 0 saturated heterocycles. The second kappa shape index (κ2) is 4.41. The second-order valence-corrected chi connectivity index (χ2v) is 2.77. The molecular weight excluding hydrogens is 183 g/mol. The van der Waals surface area contributed by atoms with Crippen LogP contribution in [0.2, 0.25) is 0 Å². The number of benzene rings is 1. The molecule has 0 aliphatic carbocycles. The van der Waals surface area contributed by atoms with Gasteiger partial charge in [0.1, 0.15) is 5.82 Å². The van der Waals surface area contributed by atoms with Crippen molar-refractivity contribution in [1.82, 2.24) is 0 Å². The standard InChI is InChI=1S/C10H11FN2O/c1-2-3-10(14)13-9-6-7(11)4-5-8(9)12/h2,4-6H,1,3,12H2,(H,13,14). The Morgan fingerprint density at radius 1 is 1.64 bits per heavy atom. The van der Waals surface area contributed by atoms with Crippen molar-refractivity contribution < 1.29 is 9.18 Å². The van der Waals surface area contributed by atoms with E-state index in [0.717, 1.165) is 0 Å². The molecule has 4 heteroatoms. The van der Waals surface area contributed by atoms with Gasteiger partial charge in [0.2, 0.25) is 5.91 Å². The van der Waals surface area contributed by atoms with Crippen molar-refractivity contribution in [2.75, 3.05) is 11.1 Å². The fourth-order valence-corrected chi connectivity index (χ4v) is 0.969. The maximum absolute atomic E-state index is 12.8. The van der Waals surface area contributed by atoms with Crippen LogP contribution in [0.15, 0.2) is 30.9 Å². The monoisotopic (exact) mass is 194 g/mol. The largest absolute Gasteiger partial charge is 0.397 e. The van der Waals surface area contributed by atoms with Gasteiger partial charge in [-0.25, -0.2) is 4.39 Å². The summed E-state index contributed by atoms with van der Waals surface area (Å²) in [5.74, 6) is -0.703. The molecule has 0 unspecified atom stereocenters. The van der Waals surface area contributed by atoms with Gasteiger partial charge < -0.3 is 11.1 Å². The van der Waals surface area contributed by atoms with Crippen LogP contribution in [0.1, 0.15) is 6.42 Å². The molecule has 3 nitrogen and oxygen atoms in total. The van der Waals surface area contributed by atoms with E-state index in [2.05, 4.69) is 11.9 Å². The van der Waals surface area contributed by atoms with Crippen LogP contribution in [-0.2, 0) is 4.79 Å². The molecule has 1 aromatic carbocycles. The van der Waals surface area contributed by atoms with Gasteiger partial charge in [-0.05, 0) is 18.2 Å². The van der Waals surface area contributed by atoms with Crippen LogP contribution in [0.3, 0.4) is 0 Å². The summed E-state index contributed by atoms with van der Waals surface area (Å²) in [4.78, 5) is 11.1. The molecule has 0 saturated carbocycles. The zero-order valence-electron chi connectivity index (χ0n) is 7.59. The lowest BCUT2D eigenvalue weighted by molar-refractivity contribution is -0.115. The molecule has 1 amide bonds. The van der Waals surface area contributed by atoms with Crippen molar-refractivity contribution in [1.29, 1.82) is 0 Å². The van der Waals surface area contributed by atoms with Crippen molar-refractivity contribution in [2.45, 2.75) is 6.42 Å². The summed E-state index contributed by atoms with van der Waals surface area (Å²) in [5.41, 5.74) is 6.15.